The third-order valence-electron chi connectivity index (χ3n) is 1.57. The lowest BCUT2D eigenvalue weighted by Gasteiger charge is -2.07. The first-order chi connectivity index (χ1) is 6.15. The Balaban J connectivity index is 2.62. The van der Waals surface area contributed by atoms with Gasteiger partial charge >= 0.3 is 0 Å². The van der Waals surface area contributed by atoms with Crippen LogP contribution in [0.4, 0.5) is 0 Å². The molecule has 0 fully saturated rings. The minimum Gasteiger partial charge on any atom is -0.364 e. The van der Waals surface area contributed by atoms with Gasteiger partial charge in [-0.15, -0.1) is 0 Å². The fourth-order valence-electron chi connectivity index (χ4n) is 0.938. The first-order valence-electron chi connectivity index (χ1n) is 3.69. The van der Waals surface area contributed by atoms with Crippen molar-refractivity contribution in [1.82, 2.24) is 5.01 Å². The minimum atomic E-state index is -0.687. The molecule has 0 aromatic heterocycles. The maximum atomic E-state index is 11.1. The topological polar surface area (TPSA) is 99.5 Å². The zero-order valence-electron chi connectivity index (χ0n) is 6.86. The first kappa shape index (κ1) is 9.19. The Kier molecular flexibility index (Phi) is 2.59. The van der Waals surface area contributed by atoms with Crippen LogP contribution in [0.25, 0.3) is 0 Å². The summed E-state index contributed by atoms with van der Waals surface area (Å²) in [6.45, 7) is 0.214. The van der Waals surface area contributed by atoms with Crippen LogP contribution < -0.4 is 5.73 Å². The van der Waals surface area contributed by atoms with E-state index in [1.54, 1.807) is 0 Å². The fourth-order valence-corrected chi connectivity index (χ4v) is 0.938. The molecule has 13 heavy (non-hydrogen) atoms. The molecule has 2 N–H and O–H groups in total. The Labute approximate surface area is 74.6 Å². The molecule has 0 saturated carbocycles. The molecule has 0 aromatic rings. The molecule has 1 heterocycles. The van der Waals surface area contributed by atoms with E-state index in [9.17, 15) is 9.59 Å². The van der Waals surface area contributed by atoms with Crippen LogP contribution in [0.3, 0.4) is 0 Å². The molecule has 6 heteroatoms. The molecular weight excluding hydrogens is 172 g/mol. The second kappa shape index (κ2) is 3.67. The lowest BCUT2D eigenvalue weighted by atomic mass is 10.2. The van der Waals surface area contributed by atoms with Crippen LogP contribution in [0.2, 0.25) is 0 Å². The Hall–Kier alpha value is -1.90. The van der Waals surface area contributed by atoms with E-state index in [1.165, 1.54) is 0 Å². The Morgan fingerprint density at radius 2 is 2.46 bits per heavy atom. The van der Waals surface area contributed by atoms with E-state index in [4.69, 9.17) is 11.0 Å². The van der Waals surface area contributed by atoms with E-state index in [-0.39, 0.29) is 31.0 Å². The second-order valence-electron chi connectivity index (χ2n) is 2.51. The first-order valence-corrected chi connectivity index (χ1v) is 3.69. The standard InChI is InChI=1S/C7H8N4O2/c8-2-1-3-11-6(12)4-5(10-11)7(9)13/h1,3-4H2,(H2,9,13). The monoisotopic (exact) mass is 180 g/mol. The smallest absolute Gasteiger partial charge is 0.265 e. The van der Waals surface area contributed by atoms with Gasteiger partial charge in [0.25, 0.3) is 5.91 Å². The molecule has 1 aliphatic heterocycles. The normalized spacial score (nSPS) is 15.5. The third-order valence-corrected chi connectivity index (χ3v) is 1.57. The van der Waals surface area contributed by atoms with Gasteiger partial charge in [0.05, 0.1) is 25.5 Å². The van der Waals surface area contributed by atoms with E-state index in [0.29, 0.717) is 0 Å². The molecule has 1 rings (SSSR count). The number of nitriles is 1. The quantitative estimate of drug-likeness (QED) is 0.601. The van der Waals surface area contributed by atoms with E-state index >= 15 is 0 Å². The van der Waals surface area contributed by atoms with Crippen molar-refractivity contribution in [2.24, 2.45) is 10.8 Å². The summed E-state index contributed by atoms with van der Waals surface area (Å²) in [6.07, 6.45) is 0.141. The molecule has 0 saturated heterocycles. The van der Waals surface area contributed by atoms with Crippen molar-refractivity contribution in [3.05, 3.63) is 0 Å². The van der Waals surface area contributed by atoms with Crippen molar-refractivity contribution in [2.45, 2.75) is 12.8 Å². The van der Waals surface area contributed by atoms with Crippen LogP contribution >= 0.6 is 0 Å². The molecule has 0 radical (unpaired) electrons. The van der Waals surface area contributed by atoms with Gasteiger partial charge in [-0.05, 0) is 0 Å². The number of hydrogen-bond donors (Lipinski definition) is 1. The number of rotatable bonds is 3. The number of carbonyl (C=O) groups is 2. The molecule has 6 nitrogen and oxygen atoms in total. The van der Waals surface area contributed by atoms with Crippen LogP contribution in [0.1, 0.15) is 12.8 Å². The van der Waals surface area contributed by atoms with Crippen LogP contribution in [0.15, 0.2) is 5.10 Å². The summed E-state index contributed by atoms with van der Waals surface area (Å²) in [5.41, 5.74) is 5.00. The summed E-state index contributed by atoms with van der Waals surface area (Å²) in [6, 6.07) is 1.88. The summed E-state index contributed by atoms with van der Waals surface area (Å²) in [5, 5.41) is 13.0. The van der Waals surface area contributed by atoms with Gasteiger partial charge in [0.15, 0.2) is 0 Å². The fraction of sp³-hybridized carbons (Fsp3) is 0.429. The van der Waals surface area contributed by atoms with E-state index in [0.717, 1.165) is 5.01 Å². The maximum absolute atomic E-state index is 11.1. The average molecular weight is 180 g/mol. The van der Waals surface area contributed by atoms with Crippen LogP contribution in [-0.2, 0) is 9.59 Å². The summed E-state index contributed by atoms with van der Waals surface area (Å²) in [7, 11) is 0. The largest absolute Gasteiger partial charge is 0.364 e. The Morgan fingerprint density at radius 3 is 2.92 bits per heavy atom. The van der Waals surface area contributed by atoms with Gasteiger partial charge in [0.1, 0.15) is 5.71 Å². The molecule has 1 aliphatic rings. The predicted octanol–water partition coefficient (Wildman–Crippen LogP) is -1.03. The summed E-state index contributed by atoms with van der Waals surface area (Å²) >= 11 is 0. The number of hydrazone groups is 1. The minimum absolute atomic E-state index is 0.0548. The lowest BCUT2D eigenvalue weighted by Crippen LogP contribution is -2.22. The summed E-state index contributed by atoms with van der Waals surface area (Å²) in [4.78, 5) is 21.7. The van der Waals surface area contributed by atoms with Crippen molar-refractivity contribution in [2.75, 3.05) is 6.54 Å². The van der Waals surface area contributed by atoms with Gasteiger partial charge in [0, 0.05) is 0 Å². The van der Waals surface area contributed by atoms with Crippen molar-refractivity contribution in [3.8, 4) is 6.07 Å². The van der Waals surface area contributed by atoms with Gasteiger partial charge in [0.2, 0.25) is 5.91 Å². The molecule has 0 aliphatic carbocycles. The van der Waals surface area contributed by atoms with Gasteiger partial charge in [-0.2, -0.15) is 10.4 Å². The summed E-state index contributed by atoms with van der Waals surface area (Å²) < 4.78 is 0. The van der Waals surface area contributed by atoms with Crippen LogP contribution in [0.5, 0.6) is 0 Å². The lowest BCUT2D eigenvalue weighted by molar-refractivity contribution is -0.128. The zero-order valence-corrected chi connectivity index (χ0v) is 6.86. The highest BCUT2D eigenvalue weighted by Gasteiger charge is 2.26. The SMILES string of the molecule is N#CCCN1N=C(C(N)=O)CC1=O. The summed E-state index contributed by atoms with van der Waals surface area (Å²) in [5.74, 6) is -0.975. The molecule has 0 spiro atoms. The zero-order chi connectivity index (χ0) is 9.84. The average Bonchev–Trinajstić information content (AvgIpc) is 2.44. The molecule has 0 bridgehead atoms. The number of primary amides is 1. The van der Waals surface area contributed by atoms with Gasteiger partial charge in [-0.25, -0.2) is 5.01 Å². The van der Waals surface area contributed by atoms with Crippen LogP contribution in [0, 0.1) is 11.3 Å². The van der Waals surface area contributed by atoms with Gasteiger partial charge in [-0.1, -0.05) is 0 Å². The van der Waals surface area contributed by atoms with Crippen molar-refractivity contribution in [3.63, 3.8) is 0 Å². The van der Waals surface area contributed by atoms with Crippen molar-refractivity contribution in [1.29, 1.82) is 5.26 Å². The highest BCUT2D eigenvalue weighted by Crippen LogP contribution is 2.07. The Morgan fingerprint density at radius 1 is 1.77 bits per heavy atom. The predicted molar refractivity (Wildman–Crippen MR) is 43.2 cm³/mol. The molecule has 0 atom stereocenters. The second-order valence-corrected chi connectivity index (χ2v) is 2.51. The van der Waals surface area contributed by atoms with Gasteiger partial charge in [-0.3, -0.25) is 9.59 Å². The van der Waals surface area contributed by atoms with Crippen molar-refractivity contribution >= 4 is 17.5 Å². The molecule has 68 valence electrons. The molecule has 2 amide bonds. The number of hydrogen-bond acceptors (Lipinski definition) is 4. The van der Waals surface area contributed by atoms with Gasteiger partial charge < -0.3 is 5.73 Å². The third kappa shape index (κ3) is 2.02. The van der Waals surface area contributed by atoms with Crippen molar-refractivity contribution < 1.29 is 9.59 Å². The number of nitrogens with two attached hydrogens (primary N) is 1. The molecule has 0 aromatic carbocycles. The highest BCUT2D eigenvalue weighted by molar-refractivity contribution is 6.42. The Bertz CT molecular complexity index is 315. The van der Waals surface area contributed by atoms with E-state index in [1.807, 2.05) is 6.07 Å². The number of amides is 2. The van der Waals surface area contributed by atoms with Crippen LogP contribution in [-0.4, -0.2) is 29.1 Å². The van der Waals surface area contributed by atoms with E-state index < -0.39 is 5.91 Å². The highest BCUT2D eigenvalue weighted by atomic mass is 16.2. The van der Waals surface area contributed by atoms with E-state index in [2.05, 4.69) is 5.10 Å². The number of nitrogens with zero attached hydrogens (tertiary/aromatic N) is 3. The molecular formula is C7H8N4O2. The maximum Gasteiger partial charge on any atom is 0.265 e. The molecule has 0 unspecified atom stereocenters. The number of carbonyl (C=O) groups excluding carboxylic acids is 2.